The van der Waals surface area contributed by atoms with Gasteiger partial charge in [-0.2, -0.15) is 0 Å². The molecule has 7 heteroatoms. The van der Waals surface area contributed by atoms with E-state index in [0.29, 0.717) is 18.5 Å². The van der Waals surface area contributed by atoms with Gasteiger partial charge in [-0.05, 0) is 43.0 Å². The van der Waals surface area contributed by atoms with Crippen molar-refractivity contribution >= 4 is 17.7 Å². The average molecular weight is 384 g/mol. The van der Waals surface area contributed by atoms with E-state index in [9.17, 15) is 14.4 Å². The molecule has 0 saturated carbocycles. The largest absolute Gasteiger partial charge is 0.327 e. The van der Waals surface area contributed by atoms with E-state index in [1.54, 1.807) is 4.90 Å². The summed E-state index contributed by atoms with van der Waals surface area (Å²) >= 11 is 0. The molecule has 3 aliphatic heterocycles. The topological polar surface area (TPSA) is 95.7 Å². The molecule has 0 bridgehead atoms. The van der Waals surface area contributed by atoms with Crippen molar-refractivity contribution in [2.45, 2.75) is 63.7 Å². The molecular weight excluding hydrogens is 356 g/mol. The van der Waals surface area contributed by atoms with Gasteiger partial charge in [0.2, 0.25) is 11.8 Å². The third kappa shape index (κ3) is 3.95. The first-order valence-electron chi connectivity index (χ1n) is 10.3. The third-order valence-electron chi connectivity index (χ3n) is 6.04. The second kappa shape index (κ2) is 8.01. The standard InChI is InChI=1S/C21H28N4O3/c22-16-4-2-1-3-9-24(13-16)11-14-5-6-15-12-25(21(28)17(15)10-14)18-7-8-19(26)23-20(18)27/h5-6,10,16,18H,1-4,7-9,11-13,22H2,(H,23,26,27). The maximum atomic E-state index is 12.9. The van der Waals surface area contributed by atoms with E-state index in [1.807, 2.05) is 12.1 Å². The molecule has 4 rings (SSSR count). The normalized spacial score (nSPS) is 26.6. The molecule has 3 aliphatic rings. The van der Waals surface area contributed by atoms with E-state index in [-0.39, 0.29) is 30.2 Å². The van der Waals surface area contributed by atoms with Gasteiger partial charge in [-0.1, -0.05) is 25.0 Å². The lowest BCUT2D eigenvalue weighted by atomic mass is 10.0. The van der Waals surface area contributed by atoms with Crippen LogP contribution in [0.3, 0.4) is 0 Å². The van der Waals surface area contributed by atoms with Crippen LogP contribution >= 0.6 is 0 Å². The number of imide groups is 1. The van der Waals surface area contributed by atoms with Crippen molar-refractivity contribution in [2.24, 2.45) is 5.73 Å². The number of nitrogens with zero attached hydrogens (tertiary/aromatic N) is 2. The summed E-state index contributed by atoms with van der Waals surface area (Å²) in [5, 5.41) is 2.34. The van der Waals surface area contributed by atoms with Crippen LogP contribution in [0, 0.1) is 0 Å². The molecule has 0 radical (unpaired) electrons. The maximum absolute atomic E-state index is 12.9. The number of fused-ring (bicyclic) bond motifs is 1. The highest BCUT2D eigenvalue weighted by Crippen LogP contribution is 2.28. The summed E-state index contributed by atoms with van der Waals surface area (Å²) in [4.78, 5) is 40.5. The van der Waals surface area contributed by atoms with Crippen LogP contribution in [0.5, 0.6) is 0 Å². The van der Waals surface area contributed by atoms with Crippen LogP contribution in [0.15, 0.2) is 18.2 Å². The summed E-state index contributed by atoms with van der Waals surface area (Å²) in [5.74, 6) is -0.748. The number of piperidine rings is 1. The summed E-state index contributed by atoms with van der Waals surface area (Å²) in [7, 11) is 0. The van der Waals surface area contributed by atoms with Gasteiger partial charge in [0, 0.05) is 37.7 Å². The van der Waals surface area contributed by atoms with Gasteiger partial charge in [0.15, 0.2) is 0 Å². The summed E-state index contributed by atoms with van der Waals surface area (Å²) in [6.45, 7) is 3.12. The summed E-state index contributed by atoms with van der Waals surface area (Å²) in [6, 6.07) is 5.68. The van der Waals surface area contributed by atoms with Crippen LogP contribution in [0.1, 0.15) is 60.0 Å². The highest BCUT2D eigenvalue weighted by molar-refractivity contribution is 6.05. The minimum absolute atomic E-state index is 0.115. The fourth-order valence-electron chi connectivity index (χ4n) is 4.53. The molecule has 150 valence electrons. The zero-order valence-electron chi connectivity index (χ0n) is 16.2. The first kappa shape index (κ1) is 19.1. The molecule has 28 heavy (non-hydrogen) atoms. The van der Waals surface area contributed by atoms with Crippen molar-refractivity contribution in [3.63, 3.8) is 0 Å². The molecular formula is C21H28N4O3. The molecule has 3 heterocycles. The zero-order chi connectivity index (χ0) is 19.7. The first-order chi connectivity index (χ1) is 13.5. The maximum Gasteiger partial charge on any atom is 0.255 e. The van der Waals surface area contributed by atoms with Crippen molar-refractivity contribution < 1.29 is 14.4 Å². The number of nitrogens with two attached hydrogens (primary N) is 1. The van der Waals surface area contributed by atoms with Crippen LogP contribution in [0.2, 0.25) is 0 Å². The molecule has 1 aromatic rings. The van der Waals surface area contributed by atoms with Gasteiger partial charge in [-0.25, -0.2) is 0 Å². The molecule has 0 spiro atoms. The Labute approximate surface area is 165 Å². The average Bonchev–Trinajstić information content (AvgIpc) is 2.96. The molecule has 7 nitrogen and oxygen atoms in total. The molecule has 0 aliphatic carbocycles. The molecule has 2 atom stereocenters. The number of likely N-dealkylation sites (tertiary alicyclic amines) is 1. The lowest BCUT2D eigenvalue weighted by molar-refractivity contribution is -0.136. The van der Waals surface area contributed by atoms with Crippen LogP contribution < -0.4 is 11.1 Å². The third-order valence-corrected chi connectivity index (χ3v) is 6.04. The van der Waals surface area contributed by atoms with Gasteiger partial charge in [0.1, 0.15) is 6.04 Å². The lowest BCUT2D eigenvalue weighted by Crippen LogP contribution is -2.52. The van der Waals surface area contributed by atoms with E-state index in [2.05, 4.69) is 16.3 Å². The predicted octanol–water partition coefficient (Wildman–Crippen LogP) is 1.15. The van der Waals surface area contributed by atoms with Gasteiger partial charge < -0.3 is 10.6 Å². The van der Waals surface area contributed by atoms with E-state index in [0.717, 1.165) is 37.2 Å². The highest BCUT2D eigenvalue weighted by Gasteiger charge is 2.39. The Balaban J connectivity index is 1.46. The molecule has 1 aromatic carbocycles. The van der Waals surface area contributed by atoms with Crippen molar-refractivity contribution in [1.29, 1.82) is 0 Å². The van der Waals surface area contributed by atoms with Gasteiger partial charge in [-0.15, -0.1) is 0 Å². The van der Waals surface area contributed by atoms with E-state index in [4.69, 9.17) is 5.73 Å². The van der Waals surface area contributed by atoms with Gasteiger partial charge in [0.25, 0.3) is 5.91 Å². The Bertz CT molecular complexity index is 794. The van der Waals surface area contributed by atoms with E-state index < -0.39 is 6.04 Å². The molecule has 3 amide bonds. The number of carbonyl (C=O) groups excluding carboxylic acids is 3. The smallest absolute Gasteiger partial charge is 0.255 e. The number of nitrogens with one attached hydrogen (secondary N) is 1. The fourth-order valence-corrected chi connectivity index (χ4v) is 4.53. The summed E-state index contributed by atoms with van der Waals surface area (Å²) < 4.78 is 0. The fraction of sp³-hybridized carbons (Fsp3) is 0.571. The Kier molecular flexibility index (Phi) is 5.46. The molecule has 2 saturated heterocycles. The Hall–Kier alpha value is -2.25. The van der Waals surface area contributed by atoms with Crippen molar-refractivity contribution in [3.8, 4) is 0 Å². The predicted molar refractivity (Wildman–Crippen MR) is 104 cm³/mol. The van der Waals surface area contributed by atoms with Crippen LogP contribution in [-0.2, 0) is 22.7 Å². The Morgan fingerprint density at radius 1 is 1.11 bits per heavy atom. The number of amides is 3. The van der Waals surface area contributed by atoms with E-state index >= 15 is 0 Å². The molecule has 2 unspecified atom stereocenters. The first-order valence-corrected chi connectivity index (χ1v) is 10.3. The number of hydrogen-bond donors (Lipinski definition) is 2. The zero-order valence-corrected chi connectivity index (χ0v) is 16.2. The van der Waals surface area contributed by atoms with Crippen LogP contribution in [0.4, 0.5) is 0 Å². The lowest BCUT2D eigenvalue weighted by Gasteiger charge is -2.29. The quantitative estimate of drug-likeness (QED) is 0.762. The Morgan fingerprint density at radius 2 is 1.96 bits per heavy atom. The number of benzene rings is 1. The van der Waals surface area contributed by atoms with Crippen molar-refractivity contribution in [1.82, 2.24) is 15.1 Å². The minimum Gasteiger partial charge on any atom is -0.327 e. The second-order valence-corrected chi connectivity index (χ2v) is 8.24. The SMILES string of the molecule is NC1CCCCCN(Cc2ccc3c(c2)C(=O)N(C2CCC(=O)NC2=O)C3)C1. The van der Waals surface area contributed by atoms with Gasteiger partial charge >= 0.3 is 0 Å². The minimum atomic E-state index is -0.562. The molecule has 3 N–H and O–H groups in total. The monoisotopic (exact) mass is 384 g/mol. The van der Waals surface area contributed by atoms with Crippen LogP contribution in [0.25, 0.3) is 0 Å². The molecule has 0 aromatic heterocycles. The number of carbonyl (C=O) groups is 3. The van der Waals surface area contributed by atoms with E-state index in [1.165, 1.54) is 19.3 Å². The number of hydrogen-bond acceptors (Lipinski definition) is 5. The second-order valence-electron chi connectivity index (χ2n) is 8.24. The van der Waals surface area contributed by atoms with Crippen molar-refractivity contribution in [2.75, 3.05) is 13.1 Å². The highest BCUT2D eigenvalue weighted by atomic mass is 16.2. The van der Waals surface area contributed by atoms with Gasteiger partial charge in [-0.3, -0.25) is 24.6 Å². The summed E-state index contributed by atoms with van der Waals surface area (Å²) in [5.41, 5.74) is 8.95. The molecule has 2 fully saturated rings. The van der Waals surface area contributed by atoms with Gasteiger partial charge in [0.05, 0.1) is 0 Å². The van der Waals surface area contributed by atoms with Crippen LogP contribution in [-0.4, -0.2) is 52.7 Å². The summed E-state index contributed by atoms with van der Waals surface area (Å²) in [6.07, 6.45) is 5.34. The number of rotatable bonds is 3. The Morgan fingerprint density at radius 3 is 2.79 bits per heavy atom. The van der Waals surface area contributed by atoms with Crippen molar-refractivity contribution in [3.05, 3.63) is 34.9 Å².